The van der Waals surface area contributed by atoms with Gasteiger partial charge >= 0.3 is 0 Å². The number of ether oxygens (including phenoxy) is 3. The van der Waals surface area contributed by atoms with Crippen molar-refractivity contribution in [3.63, 3.8) is 0 Å². The molecule has 5 heteroatoms. The molecule has 0 aromatic carbocycles. The van der Waals surface area contributed by atoms with E-state index in [2.05, 4.69) is 11.2 Å². The molecule has 1 aliphatic carbocycles. The van der Waals surface area contributed by atoms with Gasteiger partial charge in [0.1, 0.15) is 0 Å². The highest BCUT2D eigenvalue weighted by atomic mass is 32.2. The van der Waals surface area contributed by atoms with Gasteiger partial charge in [0.25, 0.3) is 0 Å². The fraction of sp³-hybridized carbons (Fsp3) is 1.00. The Kier molecular flexibility index (Phi) is 7.56. The van der Waals surface area contributed by atoms with E-state index in [9.17, 15) is 0 Å². The molecule has 0 amide bonds. The third-order valence-corrected chi connectivity index (χ3v) is 4.44. The number of hydrogen-bond acceptors (Lipinski definition) is 5. The van der Waals surface area contributed by atoms with Crippen molar-refractivity contribution in [1.29, 1.82) is 0 Å². The molecule has 0 saturated heterocycles. The first-order valence-corrected chi connectivity index (χ1v) is 7.93. The zero-order valence-electron chi connectivity index (χ0n) is 12.1. The summed E-state index contributed by atoms with van der Waals surface area (Å²) in [5.74, 6) is 0.726. The van der Waals surface area contributed by atoms with Gasteiger partial charge in [-0.15, -0.1) is 11.8 Å². The molecule has 1 aliphatic rings. The van der Waals surface area contributed by atoms with E-state index < -0.39 is 0 Å². The van der Waals surface area contributed by atoms with E-state index in [-0.39, 0.29) is 5.79 Å². The third kappa shape index (κ3) is 4.38. The molecule has 1 rings (SSSR count). The topological polar surface area (TPSA) is 30.9 Å². The molecular formula is C13H27NO3S. The molecule has 4 nitrogen and oxygen atoms in total. The summed E-state index contributed by atoms with van der Waals surface area (Å²) in [6, 6.07) is 0.631. The minimum absolute atomic E-state index is 0.344. The Morgan fingerprint density at radius 3 is 2.22 bits per heavy atom. The lowest BCUT2D eigenvalue weighted by Gasteiger charge is -2.41. The minimum Gasteiger partial charge on any atom is -0.383 e. The van der Waals surface area contributed by atoms with Gasteiger partial charge in [-0.1, -0.05) is 0 Å². The molecule has 108 valence electrons. The quantitative estimate of drug-likeness (QED) is 0.635. The highest BCUT2D eigenvalue weighted by Crippen LogP contribution is 2.34. The van der Waals surface area contributed by atoms with Crippen LogP contribution < -0.4 is 0 Å². The maximum absolute atomic E-state index is 5.53. The summed E-state index contributed by atoms with van der Waals surface area (Å²) in [5.41, 5.74) is 0. The van der Waals surface area contributed by atoms with Gasteiger partial charge in [-0.2, -0.15) is 0 Å². The zero-order chi connectivity index (χ0) is 13.4. The highest BCUT2D eigenvalue weighted by Gasteiger charge is 2.36. The van der Waals surface area contributed by atoms with E-state index in [1.807, 2.05) is 11.8 Å². The van der Waals surface area contributed by atoms with Crippen molar-refractivity contribution < 1.29 is 14.2 Å². The van der Waals surface area contributed by atoms with Gasteiger partial charge in [-0.25, -0.2) is 0 Å². The maximum atomic E-state index is 5.53. The first-order chi connectivity index (χ1) is 8.71. The number of methoxy groups -OCH3 is 3. The van der Waals surface area contributed by atoms with E-state index in [0.29, 0.717) is 6.04 Å². The Bertz CT molecular complexity index is 214. The first kappa shape index (κ1) is 16.2. The van der Waals surface area contributed by atoms with Gasteiger partial charge in [0.15, 0.2) is 5.79 Å². The lowest BCUT2D eigenvalue weighted by atomic mass is 9.89. The predicted molar refractivity (Wildman–Crippen MR) is 76.0 cm³/mol. The van der Waals surface area contributed by atoms with E-state index in [0.717, 1.165) is 44.7 Å². The largest absolute Gasteiger partial charge is 0.383 e. The fourth-order valence-corrected chi connectivity index (χ4v) is 3.30. The van der Waals surface area contributed by atoms with Crippen LogP contribution in [0.2, 0.25) is 0 Å². The summed E-state index contributed by atoms with van der Waals surface area (Å²) in [5, 5.41) is 0. The van der Waals surface area contributed by atoms with Crippen molar-refractivity contribution in [2.45, 2.75) is 37.5 Å². The predicted octanol–water partition coefficient (Wildman–Crippen LogP) is 2.19. The average molecular weight is 277 g/mol. The Labute approximate surface area is 115 Å². The normalized spacial score (nSPS) is 20.5. The van der Waals surface area contributed by atoms with Crippen molar-refractivity contribution in [2.24, 2.45) is 0 Å². The van der Waals surface area contributed by atoms with Gasteiger partial charge in [0.2, 0.25) is 0 Å². The van der Waals surface area contributed by atoms with Crippen molar-refractivity contribution >= 4 is 11.8 Å². The van der Waals surface area contributed by atoms with Gasteiger partial charge in [0.05, 0.1) is 6.61 Å². The molecule has 0 N–H and O–H groups in total. The molecule has 18 heavy (non-hydrogen) atoms. The second-order valence-corrected chi connectivity index (χ2v) is 5.61. The Balaban J connectivity index is 2.47. The van der Waals surface area contributed by atoms with Gasteiger partial charge < -0.3 is 14.2 Å². The second kappa shape index (κ2) is 8.38. The minimum atomic E-state index is -0.344. The monoisotopic (exact) mass is 277 g/mol. The van der Waals surface area contributed by atoms with E-state index in [1.165, 1.54) is 0 Å². The molecule has 0 heterocycles. The van der Waals surface area contributed by atoms with Crippen molar-refractivity contribution in [3.05, 3.63) is 0 Å². The lowest BCUT2D eigenvalue weighted by Crippen LogP contribution is -2.46. The van der Waals surface area contributed by atoms with Crippen LogP contribution in [0.25, 0.3) is 0 Å². The average Bonchev–Trinajstić information content (AvgIpc) is 2.43. The molecular weight excluding hydrogens is 250 g/mol. The molecule has 1 fully saturated rings. The molecule has 0 atom stereocenters. The smallest absolute Gasteiger partial charge is 0.167 e. The van der Waals surface area contributed by atoms with Crippen LogP contribution in [0, 0.1) is 0 Å². The maximum Gasteiger partial charge on any atom is 0.167 e. The number of nitrogens with zero attached hydrogens (tertiary/aromatic N) is 1. The van der Waals surface area contributed by atoms with Crippen LogP contribution in [0.5, 0.6) is 0 Å². The summed E-state index contributed by atoms with van der Waals surface area (Å²) in [4.78, 5) is 2.52. The summed E-state index contributed by atoms with van der Waals surface area (Å²) < 4.78 is 16.2. The molecule has 0 unspecified atom stereocenters. The van der Waals surface area contributed by atoms with Gasteiger partial charge in [0, 0.05) is 52.6 Å². The molecule has 0 radical (unpaired) electrons. The Morgan fingerprint density at radius 2 is 1.78 bits per heavy atom. The molecule has 0 aliphatic heterocycles. The second-order valence-electron chi connectivity index (χ2n) is 4.77. The molecule has 1 saturated carbocycles. The van der Waals surface area contributed by atoms with E-state index in [4.69, 9.17) is 14.2 Å². The third-order valence-electron chi connectivity index (χ3n) is 3.85. The Morgan fingerprint density at radius 1 is 1.17 bits per heavy atom. The van der Waals surface area contributed by atoms with Gasteiger partial charge in [-0.3, -0.25) is 4.90 Å². The molecule has 0 aromatic heterocycles. The van der Waals surface area contributed by atoms with Crippen LogP contribution in [0.15, 0.2) is 0 Å². The summed E-state index contributed by atoms with van der Waals surface area (Å²) in [7, 11) is 5.25. The number of rotatable bonds is 8. The van der Waals surface area contributed by atoms with Crippen LogP contribution in [-0.4, -0.2) is 63.3 Å². The Hall–Kier alpha value is 0.190. The summed E-state index contributed by atoms with van der Waals surface area (Å²) in [6.07, 6.45) is 6.36. The fourth-order valence-electron chi connectivity index (χ4n) is 2.63. The lowest BCUT2D eigenvalue weighted by molar-refractivity contribution is -0.228. The van der Waals surface area contributed by atoms with Crippen LogP contribution in [0.1, 0.15) is 25.7 Å². The molecule has 0 aromatic rings. The number of thioether (sulfide) groups is 1. The zero-order valence-corrected chi connectivity index (χ0v) is 12.9. The van der Waals surface area contributed by atoms with Crippen molar-refractivity contribution in [1.82, 2.24) is 4.90 Å². The standard InChI is InChI=1S/C13H27NO3S/c1-15-10-9-14(11-18-4)12-5-7-13(16-2,17-3)8-6-12/h12H,5-11H2,1-4H3. The van der Waals surface area contributed by atoms with Gasteiger partial charge in [-0.05, 0) is 19.1 Å². The van der Waals surface area contributed by atoms with E-state index in [1.54, 1.807) is 21.3 Å². The van der Waals surface area contributed by atoms with Crippen molar-refractivity contribution in [2.75, 3.05) is 46.6 Å². The first-order valence-electron chi connectivity index (χ1n) is 6.53. The SMILES string of the molecule is COCCN(CSC)C1CCC(OC)(OC)CC1. The molecule has 0 spiro atoms. The van der Waals surface area contributed by atoms with Crippen LogP contribution in [0.3, 0.4) is 0 Å². The van der Waals surface area contributed by atoms with Crippen LogP contribution >= 0.6 is 11.8 Å². The molecule has 0 bridgehead atoms. The van der Waals surface area contributed by atoms with Crippen LogP contribution in [0.4, 0.5) is 0 Å². The van der Waals surface area contributed by atoms with E-state index >= 15 is 0 Å². The number of hydrogen-bond donors (Lipinski definition) is 0. The van der Waals surface area contributed by atoms with Crippen molar-refractivity contribution in [3.8, 4) is 0 Å². The summed E-state index contributed by atoms with van der Waals surface area (Å²) >= 11 is 1.87. The highest BCUT2D eigenvalue weighted by molar-refractivity contribution is 7.98. The van der Waals surface area contributed by atoms with Crippen LogP contribution in [-0.2, 0) is 14.2 Å². The summed E-state index contributed by atoms with van der Waals surface area (Å²) in [6.45, 7) is 1.81.